The van der Waals surface area contributed by atoms with Crippen LogP contribution < -0.4 is 4.18 Å². The summed E-state index contributed by atoms with van der Waals surface area (Å²) in [6, 6.07) is 7.19. The third-order valence-electron chi connectivity index (χ3n) is 2.42. The molecule has 0 N–H and O–H groups in total. The van der Waals surface area contributed by atoms with Crippen LogP contribution in [-0.2, 0) is 10.1 Å². The highest BCUT2D eigenvalue weighted by molar-refractivity contribution is 7.87. The van der Waals surface area contributed by atoms with Gasteiger partial charge in [-0.1, -0.05) is 11.6 Å². The molecule has 2 aromatic carbocycles. The molecule has 0 amide bonds. The number of benzene rings is 2. The van der Waals surface area contributed by atoms with Gasteiger partial charge in [-0.3, -0.25) is 10.1 Å². The van der Waals surface area contributed by atoms with Crippen LogP contribution in [0.3, 0.4) is 0 Å². The molecular weight excluding hydrogens is 325 g/mol. The predicted octanol–water partition coefficient (Wildman–Crippen LogP) is 3.16. The minimum absolute atomic E-state index is 0.124. The number of nitro benzene ring substituents is 1. The molecule has 0 saturated heterocycles. The van der Waals surface area contributed by atoms with Gasteiger partial charge in [-0.15, -0.1) is 0 Å². The fourth-order valence-corrected chi connectivity index (χ4v) is 2.91. The molecule has 9 heteroatoms. The average Bonchev–Trinajstić information content (AvgIpc) is 2.38. The first-order valence-electron chi connectivity index (χ1n) is 5.43. The van der Waals surface area contributed by atoms with Crippen LogP contribution in [0.1, 0.15) is 0 Å². The number of nitrogens with zero attached hydrogens (tertiary/aromatic N) is 1. The molecule has 0 heterocycles. The van der Waals surface area contributed by atoms with Crippen molar-refractivity contribution in [3.05, 3.63) is 63.4 Å². The Labute approximate surface area is 124 Å². The third kappa shape index (κ3) is 3.47. The highest BCUT2D eigenvalue weighted by atomic mass is 35.5. The summed E-state index contributed by atoms with van der Waals surface area (Å²) in [4.78, 5) is 9.46. The maximum absolute atomic E-state index is 12.9. The molecule has 0 aromatic heterocycles. The van der Waals surface area contributed by atoms with E-state index >= 15 is 0 Å². The van der Waals surface area contributed by atoms with Gasteiger partial charge in [0.25, 0.3) is 5.69 Å². The third-order valence-corrected chi connectivity index (χ3v) is 4.15. The molecule has 0 radical (unpaired) electrons. The maximum Gasteiger partial charge on any atom is 0.340 e. The van der Waals surface area contributed by atoms with Crippen molar-refractivity contribution in [2.45, 2.75) is 4.90 Å². The van der Waals surface area contributed by atoms with Gasteiger partial charge in [0.05, 0.1) is 9.95 Å². The van der Waals surface area contributed by atoms with Crippen LogP contribution >= 0.6 is 11.6 Å². The molecule has 0 aliphatic heterocycles. The number of rotatable bonds is 4. The van der Waals surface area contributed by atoms with Gasteiger partial charge in [0.2, 0.25) is 0 Å². The normalized spacial score (nSPS) is 11.1. The number of hydrogen-bond donors (Lipinski definition) is 0. The molecule has 0 spiro atoms. The summed E-state index contributed by atoms with van der Waals surface area (Å²) in [5.41, 5.74) is -0.209. The molecule has 2 rings (SSSR count). The summed E-state index contributed by atoms with van der Waals surface area (Å²) < 4.78 is 41.7. The first kappa shape index (κ1) is 15.2. The van der Waals surface area contributed by atoms with E-state index in [2.05, 4.69) is 0 Å². The van der Waals surface area contributed by atoms with Crippen LogP contribution in [0.15, 0.2) is 47.4 Å². The molecule has 21 heavy (non-hydrogen) atoms. The summed E-state index contributed by atoms with van der Waals surface area (Å²) in [7, 11) is -4.26. The van der Waals surface area contributed by atoms with Crippen LogP contribution in [0.5, 0.6) is 5.75 Å². The molecule has 0 aliphatic rings. The highest BCUT2D eigenvalue weighted by Gasteiger charge is 2.21. The Morgan fingerprint density at radius 3 is 2.29 bits per heavy atom. The lowest BCUT2D eigenvalue weighted by atomic mass is 10.3. The summed E-state index contributed by atoms with van der Waals surface area (Å²) >= 11 is 5.66. The number of halogens is 2. The van der Waals surface area contributed by atoms with Crippen LogP contribution in [0.25, 0.3) is 0 Å². The molecular formula is C12H7ClFNO5S. The zero-order valence-electron chi connectivity index (χ0n) is 10.2. The van der Waals surface area contributed by atoms with Gasteiger partial charge in [-0.05, 0) is 30.3 Å². The second-order valence-corrected chi connectivity index (χ2v) is 5.79. The Kier molecular flexibility index (Phi) is 4.10. The monoisotopic (exact) mass is 331 g/mol. The van der Waals surface area contributed by atoms with Crippen molar-refractivity contribution in [1.29, 1.82) is 0 Å². The van der Waals surface area contributed by atoms with E-state index in [-0.39, 0.29) is 16.5 Å². The number of hydrogen-bond acceptors (Lipinski definition) is 5. The summed E-state index contributed by atoms with van der Waals surface area (Å²) in [6.07, 6.45) is 0. The summed E-state index contributed by atoms with van der Waals surface area (Å²) in [5.74, 6) is -0.810. The topological polar surface area (TPSA) is 86.5 Å². The molecule has 0 fully saturated rings. The van der Waals surface area contributed by atoms with Crippen molar-refractivity contribution < 1.29 is 21.9 Å². The van der Waals surface area contributed by atoms with E-state index in [0.717, 1.165) is 42.5 Å². The zero-order valence-corrected chi connectivity index (χ0v) is 11.8. The molecule has 0 saturated carbocycles. The van der Waals surface area contributed by atoms with E-state index in [0.29, 0.717) is 0 Å². The van der Waals surface area contributed by atoms with Gasteiger partial charge in [0.15, 0.2) is 0 Å². The Morgan fingerprint density at radius 2 is 1.76 bits per heavy atom. The summed E-state index contributed by atoms with van der Waals surface area (Å²) in [6.45, 7) is 0. The Morgan fingerprint density at radius 1 is 1.14 bits per heavy atom. The fourth-order valence-electron chi connectivity index (χ4n) is 1.47. The van der Waals surface area contributed by atoms with E-state index in [1.165, 1.54) is 0 Å². The number of nitro groups is 1. The molecule has 2 aromatic rings. The van der Waals surface area contributed by atoms with Crippen LogP contribution in [-0.4, -0.2) is 13.3 Å². The largest absolute Gasteiger partial charge is 0.379 e. The molecule has 0 unspecified atom stereocenters. The van der Waals surface area contributed by atoms with Gasteiger partial charge in [-0.25, -0.2) is 4.39 Å². The van der Waals surface area contributed by atoms with Crippen LogP contribution in [0.4, 0.5) is 10.1 Å². The Hall–Kier alpha value is -2.19. The van der Waals surface area contributed by atoms with E-state index in [1.54, 1.807) is 0 Å². The SMILES string of the molecule is O=[N+]([O-])c1ccc(OS(=O)(=O)c2ccc(F)cc2Cl)cc1. The first-order chi connectivity index (χ1) is 9.79. The van der Waals surface area contributed by atoms with Crippen LogP contribution in [0.2, 0.25) is 5.02 Å². The van der Waals surface area contributed by atoms with Gasteiger partial charge in [0, 0.05) is 12.1 Å². The van der Waals surface area contributed by atoms with Crippen LogP contribution in [0, 0.1) is 15.9 Å². The molecule has 0 bridgehead atoms. The zero-order chi connectivity index (χ0) is 15.6. The van der Waals surface area contributed by atoms with Crippen molar-refractivity contribution >= 4 is 27.4 Å². The molecule has 110 valence electrons. The second kappa shape index (κ2) is 5.66. The Balaban J connectivity index is 2.30. The van der Waals surface area contributed by atoms with Gasteiger partial charge >= 0.3 is 10.1 Å². The second-order valence-electron chi connectivity index (χ2n) is 3.86. The standard InChI is InChI=1S/C12H7ClFNO5S/c13-11-7-8(14)1-6-12(11)21(18,19)20-10-4-2-9(3-5-10)15(16)17/h1-7H. The quantitative estimate of drug-likeness (QED) is 0.488. The van der Waals surface area contributed by atoms with E-state index in [4.69, 9.17) is 15.8 Å². The van der Waals surface area contributed by atoms with Gasteiger partial charge < -0.3 is 4.18 Å². The first-order valence-corrected chi connectivity index (χ1v) is 7.22. The van der Waals surface area contributed by atoms with Crippen molar-refractivity contribution in [3.63, 3.8) is 0 Å². The summed E-state index contributed by atoms with van der Waals surface area (Å²) in [5, 5.41) is 10.2. The maximum atomic E-state index is 12.9. The molecule has 0 atom stereocenters. The van der Waals surface area contributed by atoms with E-state index < -0.39 is 25.8 Å². The minimum atomic E-state index is -4.26. The van der Waals surface area contributed by atoms with Gasteiger partial charge in [-0.2, -0.15) is 8.42 Å². The molecule has 6 nitrogen and oxygen atoms in total. The lowest BCUT2D eigenvalue weighted by Gasteiger charge is -2.08. The Bertz CT molecular complexity index is 792. The molecule has 0 aliphatic carbocycles. The van der Waals surface area contributed by atoms with Crippen molar-refractivity contribution in [1.82, 2.24) is 0 Å². The lowest BCUT2D eigenvalue weighted by Crippen LogP contribution is -2.10. The lowest BCUT2D eigenvalue weighted by molar-refractivity contribution is -0.384. The fraction of sp³-hybridized carbons (Fsp3) is 0. The van der Waals surface area contributed by atoms with Gasteiger partial charge in [0.1, 0.15) is 16.5 Å². The predicted molar refractivity (Wildman–Crippen MR) is 72.3 cm³/mol. The van der Waals surface area contributed by atoms with Crippen molar-refractivity contribution in [2.75, 3.05) is 0 Å². The van der Waals surface area contributed by atoms with Crippen molar-refractivity contribution in [3.8, 4) is 5.75 Å². The van der Waals surface area contributed by atoms with E-state index in [1.807, 2.05) is 0 Å². The highest BCUT2D eigenvalue weighted by Crippen LogP contribution is 2.26. The number of non-ortho nitro benzene ring substituents is 1. The minimum Gasteiger partial charge on any atom is -0.379 e. The average molecular weight is 332 g/mol. The van der Waals surface area contributed by atoms with Crippen molar-refractivity contribution in [2.24, 2.45) is 0 Å². The van der Waals surface area contributed by atoms with E-state index in [9.17, 15) is 22.9 Å². The smallest absolute Gasteiger partial charge is 0.340 e.